The average molecular weight is 307 g/mol. The van der Waals surface area contributed by atoms with E-state index in [1.807, 2.05) is 0 Å². The standard InChI is InChI=1S/C10H12BrO4P/c1-13-6-4-5(11)8(14-2)7(10(12)16)9(6)15-3/h4H,16H2,1-3H3. The van der Waals surface area contributed by atoms with Crippen LogP contribution in [0.2, 0.25) is 0 Å². The van der Waals surface area contributed by atoms with Gasteiger partial charge < -0.3 is 14.2 Å². The number of hydrogen-bond donors (Lipinski definition) is 0. The van der Waals surface area contributed by atoms with Crippen molar-refractivity contribution in [3.05, 3.63) is 16.1 Å². The molecule has 0 saturated carbocycles. The lowest BCUT2D eigenvalue weighted by Gasteiger charge is -2.15. The van der Waals surface area contributed by atoms with Gasteiger partial charge in [0.15, 0.2) is 17.0 Å². The molecule has 0 bridgehead atoms. The van der Waals surface area contributed by atoms with Crippen LogP contribution >= 0.6 is 25.2 Å². The molecule has 0 aliphatic rings. The Morgan fingerprint density at radius 1 is 1.19 bits per heavy atom. The molecule has 0 aromatic heterocycles. The molecule has 0 aliphatic carbocycles. The predicted molar refractivity (Wildman–Crippen MR) is 67.8 cm³/mol. The van der Waals surface area contributed by atoms with Crippen molar-refractivity contribution < 1.29 is 19.0 Å². The number of carbonyl (C=O) groups is 1. The number of halogens is 1. The highest BCUT2D eigenvalue weighted by Crippen LogP contribution is 2.43. The van der Waals surface area contributed by atoms with Crippen molar-refractivity contribution in [2.24, 2.45) is 0 Å². The lowest BCUT2D eigenvalue weighted by Crippen LogP contribution is -2.02. The van der Waals surface area contributed by atoms with Crippen LogP contribution in [-0.4, -0.2) is 26.9 Å². The molecule has 0 saturated heterocycles. The molecular weight excluding hydrogens is 295 g/mol. The number of hydrogen-bond acceptors (Lipinski definition) is 4. The second kappa shape index (κ2) is 5.51. The Labute approximate surface area is 105 Å². The Bertz CT molecular complexity index is 420. The van der Waals surface area contributed by atoms with E-state index in [2.05, 4.69) is 25.2 Å². The number of benzene rings is 1. The van der Waals surface area contributed by atoms with Crippen LogP contribution in [0.25, 0.3) is 0 Å². The predicted octanol–water partition coefficient (Wildman–Crippen LogP) is 2.49. The summed E-state index contributed by atoms with van der Waals surface area (Å²) in [5.74, 6) is 1.26. The molecule has 16 heavy (non-hydrogen) atoms. The Balaban J connectivity index is 3.60. The molecule has 4 nitrogen and oxygen atoms in total. The summed E-state index contributed by atoms with van der Waals surface area (Å²) in [6.07, 6.45) is 0. The van der Waals surface area contributed by atoms with Gasteiger partial charge in [0.1, 0.15) is 11.3 Å². The zero-order chi connectivity index (χ0) is 12.3. The third-order valence-electron chi connectivity index (χ3n) is 2.03. The highest BCUT2D eigenvalue weighted by molar-refractivity contribution is 9.10. The molecule has 6 heteroatoms. The summed E-state index contributed by atoms with van der Waals surface area (Å²) >= 11 is 3.31. The molecule has 0 aliphatic heterocycles. The summed E-state index contributed by atoms with van der Waals surface area (Å²) < 4.78 is 16.1. The van der Waals surface area contributed by atoms with Crippen molar-refractivity contribution >= 4 is 30.7 Å². The van der Waals surface area contributed by atoms with Crippen LogP contribution < -0.4 is 14.2 Å². The topological polar surface area (TPSA) is 44.8 Å². The molecule has 0 heterocycles. The normalized spacial score (nSPS) is 9.81. The minimum Gasteiger partial charge on any atom is -0.495 e. The summed E-state index contributed by atoms with van der Waals surface area (Å²) in [5, 5.41) is 0. The van der Waals surface area contributed by atoms with E-state index in [1.54, 1.807) is 6.07 Å². The van der Waals surface area contributed by atoms with Gasteiger partial charge in [0.05, 0.1) is 25.8 Å². The maximum atomic E-state index is 11.6. The molecule has 1 rings (SSSR count). The van der Waals surface area contributed by atoms with Gasteiger partial charge in [0, 0.05) is 6.07 Å². The van der Waals surface area contributed by atoms with Gasteiger partial charge in [0.2, 0.25) is 0 Å². The molecule has 1 aromatic rings. The second-order valence-electron chi connectivity index (χ2n) is 2.87. The fraction of sp³-hybridized carbons (Fsp3) is 0.300. The van der Waals surface area contributed by atoms with Gasteiger partial charge in [-0.15, -0.1) is 0 Å². The first-order valence-electron chi connectivity index (χ1n) is 4.35. The summed E-state index contributed by atoms with van der Waals surface area (Å²) in [6.45, 7) is 0. The fourth-order valence-electron chi connectivity index (χ4n) is 1.37. The van der Waals surface area contributed by atoms with Crippen LogP contribution in [0.4, 0.5) is 0 Å². The van der Waals surface area contributed by atoms with Crippen molar-refractivity contribution in [1.82, 2.24) is 0 Å². The van der Waals surface area contributed by atoms with E-state index in [4.69, 9.17) is 14.2 Å². The van der Waals surface area contributed by atoms with Crippen LogP contribution in [0.1, 0.15) is 10.4 Å². The minimum absolute atomic E-state index is 0.228. The van der Waals surface area contributed by atoms with Crippen molar-refractivity contribution in [3.8, 4) is 17.2 Å². The number of ether oxygens (including phenoxy) is 3. The van der Waals surface area contributed by atoms with Gasteiger partial charge in [0.25, 0.3) is 0 Å². The van der Waals surface area contributed by atoms with Crippen molar-refractivity contribution in [1.29, 1.82) is 0 Å². The Hall–Kier alpha value is -0.800. The molecule has 1 aromatic carbocycles. The first kappa shape index (κ1) is 13.3. The van der Waals surface area contributed by atoms with Crippen LogP contribution in [0.5, 0.6) is 17.2 Å². The SMILES string of the molecule is COc1cc(Br)c(OC)c(C(=O)P)c1OC. The molecular formula is C10H12BrO4P. The Morgan fingerprint density at radius 2 is 1.75 bits per heavy atom. The van der Waals surface area contributed by atoms with E-state index in [9.17, 15) is 4.79 Å². The molecule has 0 amide bonds. The van der Waals surface area contributed by atoms with Crippen molar-refractivity contribution in [2.45, 2.75) is 0 Å². The lowest BCUT2D eigenvalue weighted by atomic mass is 10.1. The third-order valence-corrected chi connectivity index (χ3v) is 2.90. The highest BCUT2D eigenvalue weighted by atomic mass is 79.9. The van der Waals surface area contributed by atoms with Gasteiger partial charge in [-0.1, -0.05) is 9.24 Å². The summed E-state index contributed by atoms with van der Waals surface area (Å²) in [5.41, 5.74) is 0.106. The van der Waals surface area contributed by atoms with Crippen LogP contribution in [0.3, 0.4) is 0 Å². The van der Waals surface area contributed by atoms with Gasteiger partial charge in [-0.25, -0.2) is 0 Å². The van der Waals surface area contributed by atoms with E-state index in [0.717, 1.165) is 0 Å². The van der Waals surface area contributed by atoms with Crippen molar-refractivity contribution in [3.63, 3.8) is 0 Å². The monoisotopic (exact) mass is 306 g/mol. The molecule has 0 radical (unpaired) electrons. The van der Waals surface area contributed by atoms with E-state index in [1.165, 1.54) is 21.3 Å². The summed E-state index contributed by atoms with van der Waals surface area (Å²) in [6, 6.07) is 1.69. The zero-order valence-electron chi connectivity index (χ0n) is 9.17. The maximum absolute atomic E-state index is 11.6. The van der Waals surface area contributed by atoms with Crippen LogP contribution in [-0.2, 0) is 0 Å². The molecule has 1 atom stereocenters. The Morgan fingerprint density at radius 3 is 2.12 bits per heavy atom. The minimum atomic E-state index is -0.228. The van der Waals surface area contributed by atoms with Gasteiger partial charge in [-0.05, 0) is 15.9 Å². The molecule has 0 fully saturated rings. The lowest BCUT2D eigenvalue weighted by molar-refractivity contribution is 0.108. The Kier molecular flexibility index (Phi) is 4.56. The van der Waals surface area contributed by atoms with Crippen LogP contribution in [0.15, 0.2) is 10.5 Å². The van der Waals surface area contributed by atoms with Crippen LogP contribution in [0, 0.1) is 0 Å². The molecule has 88 valence electrons. The van der Waals surface area contributed by atoms with E-state index in [0.29, 0.717) is 27.3 Å². The first-order chi connectivity index (χ1) is 7.56. The molecule has 0 N–H and O–H groups in total. The third kappa shape index (κ3) is 2.30. The molecule has 1 unspecified atom stereocenters. The largest absolute Gasteiger partial charge is 0.495 e. The quantitative estimate of drug-likeness (QED) is 0.802. The van der Waals surface area contributed by atoms with E-state index >= 15 is 0 Å². The van der Waals surface area contributed by atoms with Crippen molar-refractivity contribution in [2.75, 3.05) is 21.3 Å². The zero-order valence-corrected chi connectivity index (χ0v) is 11.9. The highest BCUT2D eigenvalue weighted by Gasteiger charge is 2.22. The number of carbonyl (C=O) groups excluding carboxylic acids is 1. The van der Waals surface area contributed by atoms with E-state index in [-0.39, 0.29) is 5.52 Å². The maximum Gasteiger partial charge on any atom is 0.185 e. The average Bonchev–Trinajstić information content (AvgIpc) is 2.27. The number of rotatable bonds is 4. The first-order valence-corrected chi connectivity index (χ1v) is 5.72. The summed E-state index contributed by atoms with van der Waals surface area (Å²) in [4.78, 5) is 11.6. The smallest absolute Gasteiger partial charge is 0.185 e. The summed E-state index contributed by atoms with van der Waals surface area (Å²) in [7, 11) is 6.56. The van der Waals surface area contributed by atoms with Gasteiger partial charge in [-0.3, -0.25) is 4.79 Å². The van der Waals surface area contributed by atoms with Gasteiger partial charge >= 0.3 is 0 Å². The number of methoxy groups -OCH3 is 3. The van der Waals surface area contributed by atoms with Gasteiger partial charge in [-0.2, -0.15) is 0 Å². The fourth-order valence-corrected chi connectivity index (χ4v) is 2.20. The second-order valence-corrected chi connectivity index (χ2v) is 4.25. The van der Waals surface area contributed by atoms with E-state index < -0.39 is 0 Å². The molecule has 0 spiro atoms.